The summed E-state index contributed by atoms with van der Waals surface area (Å²) in [5.41, 5.74) is -2.26. The zero-order chi connectivity index (χ0) is 14.2. The van der Waals surface area contributed by atoms with E-state index >= 15 is 0 Å². The van der Waals surface area contributed by atoms with E-state index in [4.69, 9.17) is 0 Å². The van der Waals surface area contributed by atoms with Crippen LogP contribution < -0.4 is 5.32 Å². The molecule has 2 nitrogen and oxygen atoms in total. The molecule has 0 unspecified atom stereocenters. The second-order valence-electron chi connectivity index (χ2n) is 4.39. The Morgan fingerprint density at radius 1 is 1.20 bits per heavy atom. The highest BCUT2D eigenvalue weighted by molar-refractivity contribution is 8.00. The van der Waals surface area contributed by atoms with Crippen molar-refractivity contribution in [2.24, 2.45) is 0 Å². The molecule has 106 valence electrons. The molecule has 0 bridgehead atoms. The number of fused-ring (bicyclic) bond motifs is 1. The Bertz CT molecular complexity index is 582. The summed E-state index contributed by atoms with van der Waals surface area (Å²) in [6.45, 7) is 1.76. The van der Waals surface area contributed by atoms with Gasteiger partial charge in [-0.05, 0) is 23.9 Å². The Labute approximate surface area is 122 Å². The van der Waals surface area contributed by atoms with Gasteiger partial charge >= 0.3 is 5.51 Å². The Balaban J connectivity index is 1.82. The third-order valence-corrected chi connectivity index (χ3v) is 4.82. The molecular weight excluding hydrogens is 305 g/mol. The van der Waals surface area contributed by atoms with Crippen LogP contribution in [0.2, 0.25) is 0 Å². The van der Waals surface area contributed by atoms with Crippen LogP contribution in [-0.2, 0) is 13.0 Å². The molecule has 1 aliphatic heterocycles. The second-order valence-corrected chi connectivity index (χ2v) is 6.61. The van der Waals surface area contributed by atoms with Crippen molar-refractivity contribution in [3.05, 3.63) is 34.8 Å². The molecule has 1 aliphatic rings. The average molecular weight is 316 g/mol. The monoisotopic (exact) mass is 316 g/mol. The molecular formula is C13H11F3N2S2. The van der Waals surface area contributed by atoms with Crippen molar-refractivity contribution in [2.45, 2.75) is 23.4 Å². The molecule has 0 saturated carbocycles. The Hall–Kier alpha value is -1.05. The molecule has 20 heavy (non-hydrogen) atoms. The van der Waals surface area contributed by atoms with Gasteiger partial charge in [-0.2, -0.15) is 13.2 Å². The first-order valence-corrected chi connectivity index (χ1v) is 7.70. The lowest BCUT2D eigenvalue weighted by Gasteiger charge is -2.09. The number of alkyl halides is 3. The maximum absolute atomic E-state index is 12.3. The number of halogens is 3. The van der Waals surface area contributed by atoms with Crippen molar-refractivity contribution in [1.29, 1.82) is 0 Å². The molecule has 1 aromatic carbocycles. The molecule has 0 radical (unpaired) electrons. The van der Waals surface area contributed by atoms with Crippen LogP contribution in [-0.4, -0.2) is 17.0 Å². The molecule has 2 heterocycles. The van der Waals surface area contributed by atoms with E-state index in [-0.39, 0.29) is 16.7 Å². The highest BCUT2D eigenvalue weighted by Gasteiger charge is 2.29. The molecule has 0 aliphatic carbocycles. The molecule has 1 N–H and O–H groups in total. The topological polar surface area (TPSA) is 24.9 Å². The highest BCUT2D eigenvalue weighted by atomic mass is 32.2. The molecule has 0 saturated heterocycles. The third-order valence-electron chi connectivity index (χ3n) is 2.94. The van der Waals surface area contributed by atoms with Gasteiger partial charge in [0, 0.05) is 34.8 Å². The van der Waals surface area contributed by atoms with Crippen LogP contribution in [0.4, 0.5) is 13.2 Å². The van der Waals surface area contributed by atoms with Gasteiger partial charge in [-0.3, -0.25) is 0 Å². The minimum Gasteiger partial charge on any atom is -0.311 e. The molecule has 3 rings (SSSR count). The number of aromatic nitrogens is 1. The van der Waals surface area contributed by atoms with Crippen LogP contribution in [0.1, 0.15) is 10.6 Å². The van der Waals surface area contributed by atoms with Gasteiger partial charge in [0.1, 0.15) is 5.01 Å². The van der Waals surface area contributed by atoms with E-state index in [1.165, 1.54) is 17.0 Å². The van der Waals surface area contributed by atoms with E-state index in [0.29, 0.717) is 0 Å². The first-order chi connectivity index (χ1) is 9.51. The van der Waals surface area contributed by atoms with E-state index < -0.39 is 5.51 Å². The van der Waals surface area contributed by atoms with E-state index in [1.54, 1.807) is 23.5 Å². The normalized spacial score (nSPS) is 15.2. The summed E-state index contributed by atoms with van der Waals surface area (Å²) in [5, 5.41) is 4.16. The van der Waals surface area contributed by atoms with Crippen LogP contribution in [0, 0.1) is 0 Å². The quantitative estimate of drug-likeness (QED) is 0.846. The summed E-state index contributed by atoms with van der Waals surface area (Å²) >= 11 is 1.51. The Morgan fingerprint density at radius 2 is 1.95 bits per heavy atom. The van der Waals surface area contributed by atoms with Crippen molar-refractivity contribution in [2.75, 3.05) is 6.54 Å². The summed E-state index contributed by atoms with van der Waals surface area (Å²) in [6, 6.07) is 6.38. The highest BCUT2D eigenvalue weighted by Crippen LogP contribution is 2.38. The van der Waals surface area contributed by atoms with Crippen LogP contribution in [0.3, 0.4) is 0 Å². The summed E-state index contributed by atoms with van der Waals surface area (Å²) in [5.74, 6) is 0. The summed E-state index contributed by atoms with van der Waals surface area (Å²) in [7, 11) is 0. The summed E-state index contributed by atoms with van der Waals surface area (Å²) < 4.78 is 36.8. The number of nitrogens with zero attached hydrogens (tertiary/aromatic N) is 1. The molecule has 2 aromatic rings. The van der Waals surface area contributed by atoms with Crippen molar-refractivity contribution in [3.63, 3.8) is 0 Å². The number of nitrogens with one attached hydrogen (secondary N) is 1. The minimum absolute atomic E-state index is 0.0950. The largest absolute Gasteiger partial charge is 0.446 e. The van der Waals surface area contributed by atoms with Crippen molar-refractivity contribution >= 4 is 23.1 Å². The van der Waals surface area contributed by atoms with Crippen molar-refractivity contribution in [3.8, 4) is 10.6 Å². The molecule has 0 spiro atoms. The number of benzene rings is 1. The number of hydrogen-bond acceptors (Lipinski definition) is 4. The zero-order valence-electron chi connectivity index (χ0n) is 10.3. The predicted molar refractivity (Wildman–Crippen MR) is 74.9 cm³/mol. The SMILES string of the molecule is FC(F)(F)Sc1ccc(-c2nc3c(s2)CNCC3)cc1. The molecule has 0 amide bonds. The number of rotatable bonds is 2. The summed E-state index contributed by atoms with van der Waals surface area (Å²) in [4.78, 5) is 6.00. The average Bonchev–Trinajstić information content (AvgIpc) is 2.81. The zero-order valence-corrected chi connectivity index (χ0v) is 12.0. The van der Waals surface area contributed by atoms with Crippen LogP contribution in [0.25, 0.3) is 10.6 Å². The lowest BCUT2D eigenvalue weighted by Crippen LogP contribution is -2.22. The van der Waals surface area contributed by atoms with Gasteiger partial charge in [-0.25, -0.2) is 4.98 Å². The van der Waals surface area contributed by atoms with E-state index in [1.807, 2.05) is 0 Å². The molecule has 7 heteroatoms. The first kappa shape index (κ1) is 13.9. The minimum atomic E-state index is -4.24. The fourth-order valence-corrected chi connectivity index (χ4v) is 3.67. The van der Waals surface area contributed by atoms with Crippen LogP contribution in [0.15, 0.2) is 29.2 Å². The Morgan fingerprint density at radius 3 is 2.60 bits per heavy atom. The van der Waals surface area contributed by atoms with Gasteiger partial charge in [0.15, 0.2) is 0 Å². The molecule has 0 atom stereocenters. The standard InChI is InChI=1S/C13H11F3N2S2/c14-13(15,16)20-9-3-1-8(2-4-9)12-18-10-5-6-17-7-11(10)19-12/h1-4,17H,5-7H2. The lowest BCUT2D eigenvalue weighted by atomic mass is 10.2. The lowest BCUT2D eigenvalue weighted by molar-refractivity contribution is -0.0328. The number of thiazole rings is 1. The first-order valence-electron chi connectivity index (χ1n) is 6.07. The molecule has 1 aromatic heterocycles. The maximum atomic E-state index is 12.3. The number of hydrogen-bond donors (Lipinski definition) is 1. The number of thioether (sulfide) groups is 1. The van der Waals surface area contributed by atoms with E-state index in [2.05, 4.69) is 10.3 Å². The summed E-state index contributed by atoms with van der Waals surface area (Å²) in [6.07, 6.45) is 0.911. The predicted octanol–water partition coefficient (Wildman–Crippen LogP) is 4.07. The van der Waals surface area contributed by atoms with Gasteiger partial charge in [0.25, 0.3) is 0 Å². The van der Waals surface area contributed by atoms with Gasteiger partial charge < -0.3 is 5.32 Å². The van der Waals surface area contributed by atoms with Gasteiger partial charge in [0.05, 0.1) is 5.69 Å². The van der Waals surface area contributed by atoms with Crippen molar-refractivity contribution < 1.29 is 13.2 Å². The van der Waals surface area contributed by atoms with Crippen LogP contribution in [0.5, 0.6) is 0 Å². The Kier molecular flexibility index (Phi) is 3.74. The fourth-order valence-electron chi connectivity index (χ4n) is 2.05. The smallest absolute Gasteiger partial charge is 0.311 e. The van der Waals surface area contributed by atoms with Gasteiger partial charge in [0.2, 0.25) is 0 Å². The van der Waals surface area contributed by atoms with Crippen molar-refractivity contribution in [1.82, 2.24) is 10.3 Å². The van der Waals surface area contributed by atoms with E-state index in [9.17, 15) is 13.2 Å². The maximum Gasteiger partial charge on any atom is 0.446 e. The van der Waals surface area contributed by atoms with E-state index in [0.717, 1.165) is 35.8 Å². The third kappa shape index (κ3) is 3.16. The van der Waals surface area contributed by atoms with Crippen LogP contribution >= 0.6 is 23.1 Å². The second kappa shape index (κ2) is 5.38. The molecule has 0 fully saturated rings. The van der Waals surface area contributed by atoms with Gasteiger partial charge in [-0.1, -0.05) is 12.1 Å². The van der Waals surface area contributed by atoms with Gasteiger partial charge in [-0.15, -0.1) is 11.3 Å². The fraction of sp³-hybridized carbons (Fsp3) is 0.308.